The Morgan fingerprint density at radius 1 is 1.50 bits per heavy atom. The number of thioether (sulfide) groups is 1. The van der Waals surface area contributed by atoms with Crippen LogP contribution in [0.25, 0.3) is 0 Å². The topological polar surface area (TPSA) is 55.6 Å². The van der Waals surface area contributed by atoms with Gasteiger partial charge in [-0.3, -0.25) is 4.79 Å². The lowest BCUT2D eigenvalue weighted by molar-refractivity contribution is -0.141. The molecule has 2 rings (SSSR count). The van der Waals surface area contributed by atoms with E-state index in [0.717, 1.165) is 38.8 Å². The normalized spacial score (nSPS) is 27.2. The molecule has 0 aromatic rings. The van der Waals surface area contributed by atoms with Gasteiger partial charge in [-0.05, 0) is 31.9 Å². The fraction of sp³-hybridized carbons (Fsp3) is 0.833. The summed E-state index contributed by atoms with van der Waals surface area (Å²) in [7, 11) is 0. The Bertz CT molecular complexity index is 335. The number of amides is 1. The predicted molar refractivity (Wildman–Crippen MR) is 77.8 cm³/mol. The van der Waals surface area contributed by atoms with Crippen LogP contribution in [-0.2, 0) is 9.53 Å². The molecule has 18 heavy (non-hydrogen) atoms. The number of hydrogen-bond donors (Lipinski definition) is 1. The van der Waals surface area contributed by atoms with Crippen molar-refractivity contribution < 1.29 is 9.53 Å². The van der Waals surface area contributed by atoms with Crippen LogP contribution in [0.5, 0.6) is 0 Å². The molecule has 2 aliphatic rings. The molecule has 1 amide bonds. The molecule has 1 atom stereocenters. The molecule has 2 heterocycles. The quantitative estimate of drug-likeness (QED) is 0.790. The van der Waals surface area contributed by atoms with E-state index in [2.05, 4.69) is 0 Å². The highest BCUT2D eigenvalue weighted by atomic mass is 32.2. The first kappa shape index (κ1) is 14.1. The first-order chi connectivity index (χ1) is 8.59. The summed E-state index contributed by atoms with van der Waals surface area (Å²) in [4.78, 5) is 14.7. The largest absolute Gasteiger partial charge is 0.392 e. The van der Waals surface area contributed by atoms with Crippen molar-refractivity contribution in [3.05, 3.63) is 0 Å². The lowest BCUT2D eigenvalue weighted by atomic mass is 9.95. The third kappa shape index (κ3) is 2.65. The third-order valence-electron chi connectivity index (χ3n) is 3.93. The number of rotatable bonds is 3. The van der Waals surface area contributed by atoms with Crippen LogP contribution in [0.1, 0.15) is 25.7 Å². The Labute approximate surface area is 118 Å². The van der Waals surface area contributed by atoms with E-state index in [4.69, 9.17) is 22.7 Å². The Morgan fingerprint density at radius 3 is 2.61 bits per heavy atom. The van der Waals surface area contributed by atoms with E-state index in [1.807, 2.05) is 11.2 Å². The van der Waals surface area contributed by atoms with Crippen molar-refractivity contribution >= 4 is 34.9 Å². The molecule has 0 spiro atoms. The SMILES string of the molecule is CSC1(C(N)=S)CCN(C(=O)C2CCCO2)CC1. The predicted octanol–water partition coefficient (Wildman–Crippen LogP) is 1.18. The van der Waals surface area contributed by atoms with Gasteiger partial charge >= 0.3 is 0 Å². The smallest absolute Gasteiger partial charge is 0.251 e. The standard InChI is InChI=1S/C12H20N2O2S2/c1-18-12(11(13)17)4-6-14(7-5-12)10(15)9-3-2-8-16-9/h9H,2-8H2,1H3,(H2,13,17). The molecule has 0 bridgehead atoms. The summed E-state index contributed by atoms with van der Waals surface area (Å²) in [6.45, 7) is 2.18. The summed E-state index contributed by atoms with van der Waals surface area (Å²) in [5.41, 5.74) is 5.84. The van der Waals surface area contributed by atoms with Crippen molar-refractivity contribution in [1.82, 2.24) is 4.90 Å². The zero-order valence-corrected chi connectivity index (χ0v) is 12.3. The molecule has 0 saturated carbocycles. The number of carbonyl (C=O) groups is 1. The molecule has 0 aliphatic carbocycles. The van der Waals surface area contributed by atoms with Crippen molar-refractivity contribution in [2.75, 3.05) is 26.0 Å². The van der Waals surface area contributed by atoms with E-state index in [0.29, 0.717) is 11.6 Å². The van der Waals surface area contributed by atoms with Gasteiger partial charge in [-0.1, -0.05) is 12.2 Å². The molecule has 4 nitrogen and oxygen atoms in total. The van der Waals surface area contributed by atoms with Crippen LogP contribution in [0.2, 0.25) is 0 Å². The zero-order chi connectivity index (χ0) is 13.2. The molecule has 2 aliphatic heterocycles. The molecule has 6 heteroatoms. The number of ether oxygens (including phenoxy) is 1. The van der Waals surface area contributed by atoms with Crippen LogP contribution >= 0.6 is 24.0 Å². The van der Waals surface area contributed by atoms with Crippen LogP contribution in [0.15, 0.2) is 0 Å². The summed E-state index contributed by atoms with van der Waals surface area (Å²) in [5.74, 6) is 0.144. The van der Waals surface area contributed by atoms with E-state index in [9.17, 15) is 4.79 Å². The average molecular weight is 288 g/mol. The Hall–Kier alpha value is -0.330. The van der Waals surface area contributed by atoms with Gasteiger partial charge in [0, 0.05) is 19.7 Å². The lowest BCUT2D eigenvalue weighted by Crippen LogP contribution is -2.52. The number of piperidine rings is 1. The van der Waals surface area contributed by atoms with Gasteiger partial charge in [0.05, 0.1) is 9.74 Å². The number of nitrogens with zero attached hydrogens (tertiary/aromatic N) is 1. The minimum atomic E-state index is -0.211. The van der Waals surface area contributed by atoms with Gasteiger partial charge in [0.1, 0.15) is 6.10 Å². The molecular formula is C12H20N2O2S2. The second-order valence-electron chi connectivity index (χ2n) is 4.89. The third-order valence-corrected chi connectivity index (χ3v) is 5.86. The van der Waals surface area contributed by atoms with Crippen LogP contribution in [-0.4, -0.2) is 52.6 Å². The molecule has 0 aromatic heterocycles. The van der Waals surface area contributed by atoms with Gasteiger partial charge in [0.15, 0.2) is 0 Å². The number of carbonyl (C=O) groups excluding carboxylic acids is 1. The fourth-order valence-corrected chi connectivity index (χ4v) is 3.86. The highest BCUT2D eigenvalue weighted by molar-refractivity contribution is 8.02. The molecule has 2 fully saturated rings. The highest BCUT2D eigenvalue weighted by Crippen LogP contribution is 2.35. The second kappa shape index (κ2) is 5.75. The molecule has 2 N–H and O–H groups in total. The highest BCUT2D eigenvalue weighted by Gasteiger charge is 2.39. The fourth-order valence-electron chi connectivity index (χ4n) is 2.62. The van der Waals surface area contributed by atoms with Gasteiger partial charge < -0.3 is 15.4 Å². The summed E-state index contributed by atoms with van der Waals surface area (Å²) in [6.07, 6.45) is 5.38. The average Bonchev–Trinajstić information content (AvgIpc) is 2.91. The van der Waals surface area contributed by atoms with E-state index in [-0.39, 0.29) is 16.8 Å². The molecule has 102 valence electrons. The van der Waals surface area contributed by atoms with Crippen molar-refractivity contribution in [3.8, 4) is 0 Å². The number of nitrogens with two attached hydrogens (primary N) is 1. The molecular weight excluding hydrogens is 268 g/mol. The van der Waals surface area contributed by atoms with Crippen LogP contribution in [0.3, 0.4) is 0 Å². The molecule has 0 radical (unpaired) electrons. The minimum absolute atomic E-state index is 0.122. The maximum Gasteiger partial charge on any atom is 0.251 e. The number of thiocarbonyl (C=S) groups is 1. The van der Waals surface area contributed by atoms with E-state index in [1.54, 1.807) is 11.8 Å². The van der Waals surface area contributed by atoms with Crippen molar-refractivity contribution in [3.63, 3.8) is 0 Å². The summed E-state index contributed by atoms with van der Waals surface area (Å²) < 4.78 is 5.32. The number of hydrogen-bond acceptors (Lipinski definition) is 4. The number of likely N-dealkylation sites (tertiary alicyclic amines) is 1. The van der Waals surface area contributed by atoms with Crippen LogP contribution in [0.4, 0.5) is 0 Å². The van der Waals surface area contributed by atoms with E-state index < -0.39 is 0 Å². The van der Waals surface area contributed by atoms with Gasteiger partial charge in [0.25, 0.3) is 5.91 Å². The van der Waals surface area contributed by atoms with Crippen molar-refractivity contribution in [2.24, 2.45) is 5.73 Å². The Morgan fingerprint density at radius 2 is 2.17 bits per heavy atom. The maximum absolute atomic E-state index is 12.2. The van der Waals surface area contributed by atoms with Crippen LogP contribution in [0, 0.1) is 0 Å². The van der Waals surface area contributed by atoms with E-state index >= 15 is 0 Å². The Balaban J connectivity index is 1.93. The maximum atomic E-state index is 12.2. The lowest BCUT2D eigenvalue weighted by Gasteiger charge is -2.40. The van der Waals surface area contributed by atoms with E-state index in [1.165, 1.54) is 0 Å². The summed E-state index contributed by atoms with van der Waals surface area (Å²) in [5, 5.41) is 0. The molecule has 0 aromatic carbocycles. The monoisotopic (exact) mass is 288 g/mol. The summed E-state index contributed by atoms with van der Waals surface area (Å²) >= 11 is 6.88. The van der Waals surface area contributed by atoms with Gasteiger partial charge in [0.2, 0.25) is 0 Å². The van der Waals surface area contributed by atoms with Gasteiger partial charge in [-0.15, -0.1) is 0 Å². The van der Waals surface area contributed by atoms with Crippen molar-refractivity contribution in [1.29, 1.82) is 0 Å². The van der Waals surface area contributed by atoms with Crippen LogP contribution < -0.4 is 5.73 Å². The zero-order valence-electron chi connectivity index (χ0n) is 10.7. The molecule has 2 saturated heterocycles. The van der Waals surface area contributed by atoms with Gasteiger partial charge in [-0.2, -0.15) is 11.8 Å². The second-order valence-corrected chi connectivity index (χ2v) is 6.52. The van der Waals surface area contributed by atoms with Gasteiger partial charge in [-0.25, -0.2) is 0 Å². The van der Waals surface area contributed by atoms with Crippen molar-refractivity contribution in [2.45, 2.75) is 36.5 Å². The minimum Gasteiger partial charge on any atom is -0.392 e. The Kier molecular flexibility index (Phi) is 4.50. The first-order valence-corrected chi connectivity index (χ1v) is 7.98. The first-order valence-electron chi connectivity index (χ1n) is 6.34. The summed E-state index contributed by atoms with van der Waals surface area (Å²) in [6, 6.07) is 0. The molecule has 1 unspecified atom stereocenters.